The van der Waals surface area contributed by atoms with Gasteiger partial charge in [-0.1, -0.05) is 0 Å². The number of rotatable bonds is 3. The maximum absolute atomic E-state index is 11.2. The molecule has 112 valence electrons. The molecule has 1 aromatic rings. The molecular formula is C14H18N4O3. The standard InChI is InChI=1S/C14H18N4O3/c1-10(19)16-12-3-2-11(8-13(12)18(20)21)17-7-6-15-14(9-17)4-5-14/h2-3,8,15H,4-7,9H2,1H3,(H,16,19). The van der Waals surface area contributed by atoms with Gasteiger partial charge in [-0.05, 0) is 25.0 Å². The smallest absolute Gasteiger partial charge is 0.294 e. The second-order valence-electron chi connectivity index (χ2n) is 5.77. The van der Waals surface area contributed by atoms with Gasteiger partial charge in [0, 0.05) is 43.9 Å². The SMILES string of the molecule is CC(=O)Nc1ccc(N2CCNC3(CC3)C2)cc1[N+](=O)[O-]. The van der Waals surface area contributed by atoms with Gasteiger partial charge in [0.25, 0.3) is 5.69 Å². The van der Waals surface area contributed by atoms with Crippen molar-refractivity contribution in [2.45, 2.75) is 25.3 Å². The van der Waals surface area contributed by atoms with E-state index in [0.717, 1.165) is 38.2 Å². The second-order valence-corrected chi connectivity index (χ2v) is 5.77. The highest BCUT2D eigenvalue weighted by Crippen LogP contribution is 2.39. The van der Waals surface area contributed by atoms with Crippen molar-refractivity contribution in [3.05, 3.63) is 28.3 Å². The number of nitrogens with zero attached hydrogens (tertiary/aromatic N) is 2. The van der Waals surface area contributed by atoms with Gasteiger partial charge in [-0.15, -0.1) is 0 Å². The lowest BCUT2D eigenvalue weighted by Crippen LogP contribution is -2.52. The van der Waals surface area contributed by atoms with Gasteiger partial charge in [-0.2, -0.15) is 0 Å². The summed E-state index contributed by atoms with van der Waals surface area (Å²) < 4.78 is 0. The van der Waals surface area contributed by atoms with Crippen LogP contribution in [0.3, 0.4) is 0 Å². The molecule has 2 N–H and O–H groups in total. The minimum Gasteiger partial charge on any atom is -0.368 e. The summed E-state index contributed by atoms with van der Waals surface area (Å²) in [6, 6.07) is 4.99. The topological polar surface area (TPSA) is 87.5 Å². The lowest BCUT2D eigenvalue weighted by atomic mass is 10.1. The van der Waals surface area contributed by atoms with E-state index in [9.17, 15) is 14.9 Å². The fraction of sp³-hybridized carbons (Fsp3) is 0.500. The molecule has 2 aliphatic rings. The molecule has 1 spiro atoms. The normalized spacial score (nSPS) is 19.4. The van der Waals surface area contributed by atoms with Crippen molar-refractivity contribution < 1.29 is 9.72 Å². The predicted octanol–water partition coefficient (Wildman–Crippen LogP) is 1.50. The molecule has 7 heteroatoms. The fourth-order valence-corrected chi connectivity index (χ4v) is 2.83. The van der Waals surface area contributed by atoms with Crippen LogP contribution in [0.25, 0.3) is 0 Å². The van der Waals surface area contributed by atoms with Crippen molar-refractivity contribution in [1.29, 1.82) is 0 Å². The molecule has 1 aliphatic carbocycles. The number of carbonyl (C=O) groups is 1. The van der Waals surface area contributed by atoms with Crippen molar-refractivity contribution in [2.75, 3.05) is 29.9 Å². The minimum atomic E-state index is -0.455. The van der Waals surface area contributed by atoms with E-state index in [4.69, 9.17) is 0 Å². The molecule has 1 aliphatic heterocycles. The second kappa shape index (κ2) is 5.00. The average molecular weight is 290 g/mol. The molecule has 1 aromatic carbocycles. The Morgan fingerprint density at radius 3 is 2.86 bits per heavy atom. The van der Waals surface area contributed by atoms with Gasteiger partial charge in [0.2, 0.25) is 5.91 Å². The van der Waals surface area contributed by atoms with Gasteiger partial charge in [0.15, 0.2) is 0 Å². The summed E-state index contributed by atoms with van der Waals surface area (Å²) in [6.07, 6.45) is 2.32. The number of carbonyl (C=O) groups excluding carboxylic acids is 1. The Labute approximate surface area is 122 Å². The van der Waals surface area contributed by atoms with Gasteiger partial charge in [-0.25, -0.2) is 0 Å². The molecule has 0 aromatic heterocycles. The summed E-state index contributed by atoms with van der Waals surface area (Å²) in [5.74, 6) is -0.315. The summed E-state index contributed by atoms with van der Waals surface area (Å²) in [4.78, 5) is 24.0. The number of benzene rings is 1. The van der Waals surface area contributed by atoms with Gasteiger partial charge in [-0.3, -0.25) is 14.9 Å². The van der Waals surface area contributed by atoms with Crippen LogP contribution < -0.4 is 15.5 Å². The number of amides is 1. The Hall–Kier alpha value is -2.15. The molecule has 1 saturated heterocycles. The highest BCUT2D eigenvalue weighted by Gasteiger charge is 2.45. The Bertz CT molecular complexity index is 598. The van der Waals surface area contributed by atoms with Crippen LogP contribution in [0.5, 0.6) is 0 Å². The summed E-state index contributed by atoms with van der Waals surface area (Å²) in [5, 5.41) is 17.2. The zero-order valence-electron chi connectivity index (χ0n) is 11.9. The Morgan fingerprint density at radius 2 is 2.24 bits per heavy atom. The zero-order chi connectivity index (χ0) is 15.0. The number of anilines is 2. The van der Waals surface area contributed by atoms with Crippen molar-refractivity contribution in [2.24, 2.45) is 0 Å². The molecule has 1 saturated carbocycles. The van der Waals surface area contributed by atoms with Crippen LogP contribution in [0.4, 0.5) is 17.1 Å². The molecule has 0 radical (unpaired) electrons. The van der Waals surface area contributed by atoms with E-state index in [1.165, 1.54) is 6.92 Å². The maximum Gasteiger partial charge on any atom is 0.294 e. The van der Waals surface area contributed by atoms with Crippen LogP contribution in [-0.2, 0) is 4.79 Å². The summed E-state index contributed by atoms with van der Waals surface area (Å²) in [5.41, 5.74) is 1.23. The summed E-state index contributed by atoms with van der Waals surface area (Å²) >= 11 is 0. The van der Waals surface area contributed by atoms with Gasteiger partial charge >= 0.3 is 0 Å². The van der Waals surface area contributed by atoms with Crippen molar-refractivity contribution in [3.63, 3.8) is 0 Å². The monoisotopic (exact) mass is 290 g/mol. The summed E-state index contributed by atoms with van der Waals surface area (Å²) in [7, 11) is 0. The largest absolute Gasteiger partial charge is 0.368 e. The number of hydrogen-bond acceptors (Lipinski definition) is 5. The average Bonchev–Trinajstić information content (AvgIpc) is 3.17. The number of nitro groups is 1. The van der Waals surface area contributed by atoms with Crippen LogP contribution in [-0.4, -0.2) is 36.0 Å². The molecular weight excluding hydrogens is 272 g/mol. The molecule has 0 bridgehead atoms. The number of nitrogens with one attached hydrogen (secondary N) is 2. The third-order valence-corrected chi connectivity index (χ3v) is 4.08. The fourth-order valence-electron chi connectivity index (χ4n) is 2.83. The van der Waals surface area contributed by atoms with E-state index >= 15 is 0 Å². The quantitative estimate of drug-likeness (QED) is 0.650. The molecule has 0 unspecified atom stereocenters. The lowest BCUT2D eigenvalue weighted by Gasteiger charge is -2.35. The number of nitro benzene ring substituents is 1. The third kappa shape index (κ3) is 2.82. The minimum absolute atomic E-state index is 0.0638. The first-order chi connectivity index (χ1) is 9.99. The first-order valence-corrected chi connectivity index (χ1v) is 7.05. The van der Waals surface area contributed by atoms with E-state index < -0.39 is 4.92 Å². The van der Waals surface area contributed by atoms with Crippen molar-refractivity contribution in [1.82, 2.24) is 5.32 Å². The maximum atomic E-state index is 11.2. The van der Waals surface area contributed by atoms with E-state index in [-0.39, 0.29) is 22.8 Å². The van der Waals surface area contributed by atoms with E-state index in [2.05, 4.69) is 15.5 Å². The van der Waals surface area contributed by atoms with Crippen LogP contribution in [0.1, 0.15) is 19.8 Å². The molecule has 0 atom stereocenters. The van der Waals surface area contributed by atoms with E-state index in [1.54, 1.807) is 12.1 Å². The van der Waals surface area contributed by atoms with Gasteiger partial charge in [0.1, 0.15) is 5.69 Å². The highest BCUT2D eigenvalue weighted by atomic mass is 16.6. The Morgan fingerprint density at radius 1 is 1.48 bits per heavy atom. The van der Waals surface area contributed by atoms with Crippen LogP contribution >= 0.6 is 0 Å². The van der Waals surface area contributed by atoms with Gasteiger partial charge < -0.3 is 15.5 Å². The Balaban J connectivity index is 1.87. The van der Waals surface area contributed by atoms with E-state index in [1.807, 2.05) is 6.07 Å². The van der Waals surface area contributed by atoms with Crippen LogP contribution in [0.2, 0.25) is 0 Å². The van der Waals surface area contributed by atoms with Crippen LogP contribution in [0, 0.1) is 10.1 Å². The zero-order valence-corrected chi connectivity index (χ0v) is 11.9. The number of piperazine rings is 1. The molecule has 7 nitrogen and oxygen atoms in total. The van der Waals surface area contributed by atoms with Crippen molar-refractivity contribution in [3.8, 4) is 0 Å². The first-order valence-electron chi connectivity index (χ1n) is 7.05. The molecule has 1 amide bonds. The molecule has 3 rings (SSSR count). The lowest BCUT2D eigenvalue weighted by molar-refractivity contribution is -0.383. The molecule has 21 heavy (non-hydrogen) atoms. The van der Waals surface area contributed by atoms with Gasteiger partial charge in [0.05, 0.1) is 4.92 Å². The number of hydrogen-bond donors (Lipinski definition) is 2. The summed E-state index contributed by atoms with van der Waals surface area (Å²) in [6.45, 7) is 3.94. The molecule has 2 fully saturated rings. The van der Waals surface area contributed by atoms with E-state index in [0.29, 0.717) is 0 Å². The molecule has 1 heterocycles. The highest BCUT2D eigenvalue weighted by molar-refractivity contribution is 5.91. The first kappa shape index (κ1) is 13.8. The predicted molar refractivity (Wildman–Crippen MR) is 79.6 cm³/mol. The third-order valence-electron chi connectivity index (χ3n) is 4.08. The Kier molecular flexibility index (Phi) is 3.29. The van der Waals surface area contributed by atoms with Crippen molar-refractivity contribution >= 4 is 23.0 Å². The van der Waals surface area contributed by atoms with Crippen LogP contribution in [0.15, 0.2) is 18.2 Å².